The highest BCUT2D eigenvalue weighted by Gasteiger charge is 2.22. The van der Waals surface area contributed by atoms with Crippen molar-refractivity contribution in [3.8, 4) is 33.7 Å². The van der Waals surface area contributed by atoms with Gasteiger partial charge in [-0.15, -0.1) is 5.10 Å². The average molecular weight is 513 g/mol. The van der Waals surface area contributed by atoms with Crippen LogP contribution in [-0.4, -0.2) is 45.8 Å². The topological polar surface area (TPSA) is 145 Å². The summed E-state index contributed by atoms with van der Waals surface area (Å²) in [6, 6.07) is 7.96. The normalized spacial score (nSPS) is 18.2. The largest absolute Gasteiger partial charge is 0.452 e. The van der Waals surface area contributed by atoms with E-state index >= 15 is 0 Å². The first kappa shape index (κ1) is 22.1. The van der Waals surface area contributed by atoms with Crippen molar-refractivity contribution in [2.45, 2.75) is 38.3 Å². The lowest BCUT2D eigenvalue weighted by Crippen LogP contribution is -2.21. The Balaban J connectivity index is 1.29. The smallest absolute Gasteiger partial charge is 0.177 e. The van der Waals surface area contributed by atoms with Gasteiger partial charge in [0.15, 0.2) is 11.4 Å². The van der Waals surface area contributed by atoms with Gasteiger partial charge in [-0.05, 0) is 67.4 Å². The molecule has 1 aromatic carbocycles. The molecule has 0 atom stereocenters. The number of pyridine rings is 1. The van der Waals surface area contributed by atoms with Crippen molar-refractivity contribution < 1.29 is 9.52 Å². The van der Waals surface area contributed by atoms with E-state index in [4.69, 9.17) is 10.2 Å². The average Bonchev–Trinajstić information content (AvgIpc) is 3.72. The molecule has 5 aromatic heterocycles. The summed E-state index contributed by atoms with van der Waals surface area (Å²) < 4.78 is 13.4. The van der Waals surface area contributed by atoms with Crippen LogP contribution in [0.15, 0.2) is 53.5 Å². The van der Waals surface area contributed by atoms with E-state index in [9.17, 15) is 5.11 Å². The number of anilines is 1. The van der Waals surface area contributed by atoms with Crippen molar-refractivity contribution in [1.29, 1.82) is 0 Å². The molecule has 0 spiro atoms. The number of fused-ring (bicyclic) bond motifs is 2. The van der Waals surface area contributed by atoms with Gasteiger partial charge in [0.25, 0.3) is 0 Å². The summed E-state index contributed by atoms with van der Waals surface area (Å²) >= 11 is 1.33. The summed E-state index contributed by atoms with van der Waals surface area (Å²) in [6.07, 6.45) is 11.0. The molecule has 0 amide bonds. The number of rotatable bonds is 5. The van der Waals surface area contributed by atoms with Crippen molar-refractivity contribution in [1.82, 2.24) is 34.5 Å². The first-order chi connectivity index (χ1) is 18.1. The van der Waals surface area contributed by atoms with Crippen LogP contribution in [0.25, 0.3) is 54.9 Å². The molecule has 1 aliphatic rings. The summed E-state index contributed by atoms with van der Waals surface area (Å²) in [5.74, 6) is 1.53. The second-order valence-corrected chi connectivity index (χ2v) is 10.4. The minimum atomic E-state index is -0.156. The second-order valence-electron chi connectivity index (χ2n) is 9.65. The molecule has 0 unspecified atom stereocenters. The maximum Gasteiger partial charge on any atom is 0.177 e. The molecule has 1 fully saturated rings. The Hall–Kier alpha value is -4.09. The molecule has 11 heteroatoms. The summed E-state index contributed by atoms with van der Waals surface area (Å²) in [6.45, 7) is 0.839. The van der Waals surface area contributed by atoms with Crippen LogP contribution in [0.3, 0.4) is 0 Å². The molecule has 0 aliphatic heterocycles. The van der Waals surface area contributed by atoms with E-state index in [2.05, 4.69) is 42.1 Å². The minimum absolute atomic E-state index is 0.156. The number of nitrogens with two attached hydrogens (primary N) is 1. The number of hydrogen-bond acceptors (Lipinski definition) is 9. The van der Waals surface area contributed by atoms with Crippen LogP contribution in [0, 0.1) is 5.92 Å². The fourth-order valence-corrected chi connectivity index (χ4v) is 5.91. The third-order valence-electron chi connectivity index (χ3n) is 7.22. The first-order valence-electron chi connectivity index (χ1n) is 12.3. The minimum Gasteiger partial charge on any atom is -0.452 e. The molecule has 5 heterocycles. The standard InChI is InChI=1S/C26H24N8O2S/c27-26-24-18(20(11-28-26)16-10-30-34(13-16)12-14-1-3-17(35)4-2-14)9-23(36-24)19-7-15(21-5-6-29-31-21)8-22-25(19)37-33-32-22/h5-11,13-14,17,35H,1-4,12H2,(H2,27,28)(H,29,31). The number of nitrogens with one attached hydrogen (secondary N) is 1. The molecule has 4 N–H and O–H groups in total. The lowest BCUT2D eigenvalue weighted by atomic mass is 9.87. The number of aliphatic hydroxyl groups excluding tert-OH is 1. The maximum atomic E-state index is 9.80. The van der Waals surface area contributed by atoms with Gasteiger partial charge in [-0.3, -0.25) is 9.78 Å². The molecular formula is C26H24N8O2S. The van der Waals surface area contributed by atoms with Gasteiger partial charge in [-0.2, -0.15) is 10.2 Å². The Morgan fingerprint density at radius 3 is 2.84 bits per heavy atom. The van der Waals surface area contributed by atoms with E-state index in [1.807, 2.05) is 29.1 Å². The molecule has 1 aliphatic carbocycles. The molecule has 7 rings (SSSR count). The van der Waals surface area contributed by atoms with Crippen LogP contribution in [0.2, 0.25) is 0 Å². The molecule has 6 aromatic rings. The van der Waals surface area contributed by atoms with Gasteiger partial charge in [0.2, 0.25) is 0 Å². The third kappa shape index (κ3) is 3.96. The molecule has 186 valence electrons. The zero-order valence-electron chi connectivity index (χ0n) is 19.8. The summed E-state index contributed by atoms with van der Waals surface area (Å²) in [7, 11) is 0. The molecule has 10 nitrogen and oxygen atoms in total. The van der Waals surface area contributed by atoms with E-state index in [1.54, 1.807) is 12.4 Å². The van der Waals surface area contributed by atoms with Crippen LogP contribution in [-0.2, 0) is 6.54 Å². The quantitative estimate of drug-likeness (QED) is 0.296. The molecule has 0 radical (unpaired) electrons. The van der Waals surface area contributed by atoms with E-state index in [0.717, 1.165) is 75.8 Å². The Morgan fingerprint density at radius 1 is 1.11 bits per heavy atom. The Labute approximate surface area is 215 Å². The summed E-state index contributed by atoms with van der Waals surface area (Å²) in [4.78, 5) is 4.42. The number of benzene rings is 1. The lowest BCUT2D eigenvalue weighted by Gasteiger charge is -2.25. The zero-order valence-corrected chi connectivity index (χ0v) is 20.6. The number of furan rings is 1. The molecule has 0 bridgehead atoms. The van der Waals surface area contributed by atoms with E-state index in [-0.39, 0.29) is 6.10 Å². The van der Waals surface area contributed by atoms with Crippen LogP contribution < -0.4 is 5.73 Å². The van der Waals surface area contributed by atoms with Gasteiger partial charge in [-0.25, -0.2) is 4.98 Å². The van der Waals surface area contributed by atoms with E-state index in [1.165, 1.54) is 11.5 Å². The molecule has 37 heavy (non-hydrogen) atoms. The Kier molecular flexibility index (Phi) is 5.26. The Morgan fingerprint density at radius 2 is 2.00 bits per heavy atom. The van der Waals surface area contributed by atoms with Crippen molar-refractivity contribution in [3.63, 3.8) is 0 Å². The summed E-state index contributed by atoms with van der Waals surface area (Å²) in [5.41, 5.74) is 12.2. The molecule has 0 saturated heterocycles. The van der Waals surface area contributed by atoms with Gasteiger partial charge in [0, 0.05) is 52.8 Å². The maximum absolute atomic E-state index is 9.80. The van der Waals surface area contributed by atoms with Crippen LogP contribution in [0.5, 0.6) is 0 Å². The van der Waals surface area contributed by atoms with E-state index in [0.29, 0.717) is 23.1 Å². The van der Waals surface area contributed by atoms with Crippen molar-refractivity contribution >= 4 is 38.5 Å². The van der Waals surface area contributed by atoms with Gasteiger partial charge in [-0.1, -0.05) is 4.49 Å². The van der Waals surface area contributed by atoms with Crippen LogP contribution >= 0.6 is 11.5 Å². The van der Waals surface area contributed by atoms with Gasteiger partial charge >= 0.3 is 0 Å². The number of hydrogen-bond donors (Lipinski definition) is 3. The lowest BCUT2D eigenvalue weighted by molar-refractivity contribution is 0.103. The SMILES string of the molecule is Nc1ncc(-c2cnn(CC3CCC(O)CC3)c2)c2cc(-c3cc(-c4ccn[nH]4)cc4nnsc34)oc12. The fourth-order valence-electron chi connectivity index (χ4n) is 5.25. The second kappa shape index (κ2) is 8.79. The number of aliphatic hydroxyl groups is 1. The third-order valence-corrected chi connectivity index (χ3v) is 8.00. The Bertz CT molecular complexity index is 1710. The summed E-state index contributed by atoms with van der Waals surface area (Å²) in [5, 5.41) is 26.7. The van der Waals surface area contributed by atoms with Gasteiger partial charge < -0.3 is 15.3 Å². The number of nitrogen functional groups attached to an aromatic ring is 1. The highest BCUT2D eigenvalue weighted by atomic mass is 32.1. The van der Waals surface area contributed by atoms with Crippen molar-refractivity contribution in [2.75, 3.05) is 5.73 Å². The highest BCUT2D eigenvalue weighted by molar-refractivity contribution is 7.13. The first-order valence-corrected chi connectivity index (χ1v) is 13.0. The number of nitrogens with zero attached hydrogens (tertiary/aromatic N) is 6. The molecular weight excluding hydrogens is 488 g/mol. The zero-order chi connectivity index (χ0) is 24.9. The number of H-pyrrole nitrogens is 1. The predicted octanol–water partition coefficient (Wildman–Crippen LogP) is 4.89. The van der Waals surface area contributed by atoms with Crippen LogP contribution in [0.1, 0.15) is 25.7 Å². The van der Waals surface area contributed by atoms with Crippen molar-refractivity contribution in [3.05, 3.63) is 49.1 Å². The highest BCUT2D eigenvalue weighted by Crippen LogP contribution is 2.40. The van der Waals surface area contributed by atoms with Gasteiger partial charge in [0.05, 0.1) is 22.7 Å². The fraction of sp³-hybridized carbons (Fsp3) is 0.269. The molecule has 1 saturated carbocycles. The predicted molar refractivity (Wildman–Crippen MR) is 142 cm³/mol. The number of aromatic nitrogens is 7. The number of aromatic amines is 1. The monoisotopic (exact) mass is 512 g/mol. The van der Waals surface area contributed by atoms with E-state index < -0.39 is 0 Å². The van der Waals surface area contributed by atoms with Crippen LogP contribution in [0.4, 0.5) is 5.82 Å². The van der Waals surface area contributed by atoms with Gasteiger partial charge in [0.1, 0.15) is 11.3 Å². The van der Waals surface area contributed by atoms with Crippen molar-refractivity contribution in [2.24, 2.45) is 5.92 Å².